The molecule has 0 heterocycles. The maximum atomic E-state index is 10.7. The molecule has 0 amide bonds. The molecule has 0 unspecified atom stereocenters. The Morgan fingerprint density at radius 1 is 0.826 bits per heavy atom. The van der Waals surface area contributed by atoms with Crippen molar-refractivity contribution in [2.24, 2.45) is 0 Å². The van der Waals surface area contributed by atoms with E-state index in [1.807, 2.05) is 0 Å². The van der Waals surface area contributed by atoms with Gasteiger partial charge in [-0.05, 0) is 50.7 Å². The minimum absolute atomic E-state index is 0. The molecule has 0 aromatic heterocycles. The van der Waals surface area contributed by atoms with Gasteiger partial charge in [-0.2, -0.15) is 0 Å². The molecule has 2 nitrogen and oxygen atoms in total. The quantitative estimate of drug-likeness (QED) is 0.496. The van der Waals surface area contributed by atoms with Gasteiger partial charge < -0.3 is 5.11 Å². The summed E-state index contributed by atoms with van der Waals surface area (Å²) in [5.41, 5.74) is 1.24. The van der Waals surface area contributed by atoms with E-state index in [0.29, 0.717) is 6.42 Å². The van der Waals surface area contributed by atoms with Crippen molar-refractivity contribution in [1.82, 2.24) is 0 Å². The molecule has 0 aliphatic rings. The molecule has 0 bridgehead atoms. The molecule has 0 aliphatic heterocycles. The maximum absolute atomic E-state index is 10.7. The van der Waals surface area contributed by atoms with E-state index >= 15 is 0 Å². The standard InChI is InChI=1S/C20H16O2.CH4/c21-18(22)6-2-3-13-7-8-16-10-9-14-4-1-5-15-11-12-17(13)20(16)19(14)15;/h1,4-5,7-12H,2-3,6H2,(H,21,22);1H4. The highest BCUT2D eigenvalue weighted by atomic mass is 16.4. The van der Waals surface area contributed by atoms with Crippen molar-refractivity contribution in [2.45, 2.75) is 26.7 Å². The molecule has 2 heteroatoms. The van der Waals surface area contributed by atoms with Crippen LogP contribution in [0.4, 0.5) is 0 Å². The van der Waals surface area contributed by atoms with E-state index in [1.165, 1.54) is 37.9 Å². The van der Waals surface area contributed by atoms with Gasteiger partial charge in [0, 0.05) is 6.42 Å². The average Bonchev–Trinajstić information content (AvgIpc) is 2.53. The number of aryl methyl sites for hydroxylation is 1. The van der Waals surface area contributed by atoms with Crippen LogP contribution in [-0.4, -0.2) is 11.1 Å². The SMILES string of the molecule is C.O=C(O)CCCc1ccc2ccc3cccc4ccc1c2c34. The van der Waals surface area contributed by atoms with Gasteiger partial charge in [-0.15, -0.1) is 0 Å². The van der Waals surface area contributed by atoms with Gasteiger partial charge in [-0.1, -0.05) is 62.0 Å². The van der Waals surface area contributed by atoms with E-state index in [4.69, 9.17) is 5.11 Å². The van der Waals surface area contributed by atoms with Crippen molar-refractivity contribution >= 4 is 38.3 Å². The van der Waals surface area contributed by atoms with Gasteiger partial charge >= 0.3 is 5.97 Å². The smallest absolute Gasteiger partial charge is 0.303 e. The molecule has 0 saturated heterocycles. The third-order valence-electron chi connectivity index (χ3n) is 4.46. The number of carboxylic acid groups (broad SMARTS) is 1. The summed E-state index contributed by atoms with van der Waals surface area (Å²) in [6, 6.07) is 19.4. The largest absolute Gasteiger partial charge is 0.481 e. The van der Waals surface area contributed by atoms with Crippen molar-refractivity contribution in [1.29, 1.82) is 0 Å². The third kappa shape index (κ3) is 2.50. The molecular weight excluding hydrogens is 284 g/mol. The van der Waals surface area contributed by atoms with Crippen LogP contribution < -0.4 is 0 Å². The predicted molar refractivity (Wildman–Crippen MR) is 97.5 cm³/mol. The zero-order valence-corrected chi connectivity index (χ0v) is 12.2. The lowest BCUT2D eigenvalue weighted by atomic mass is 9.90. The minimum atomic E-state index is -0.724. The number of hydrogen-bond donors (Lipinski definition) is 1. The molecule has 4 rings (SSSR count). The van der Waals surface area contributed by atoms with Crippen molar-refractivity contribution in [3.63, 3.8) is 0 Å². The first-order valence-corrected chi connectivity index (χ1v) is 7.61. The van der Waals surface area contributed by atoms with Crippen LogP contribution in [-0.2, 0) is 11.2 Å². The summed E-state index contributed by atoms with van der Waals surface area (Å²) in [7, 11) is 0. The summed E-state index contributed by atoms with van der Waals surface area (Å²) < 4.78 is 0. The second-order valence-electron chi connectivity index (χ2n) is 5.83. The Hall–Kier alpha value is -2.61. The predicted octanol–water partition coefficient (Wildman–Crippen LogP) is 5.63. The molecule has 4 aromatic carbocycles. The number of rotatable bonds is 4. The lowest BCUT2D eigenvalue weighted by Crippen LogP contribution is -1.96. The highest BCUT2D eigenvalue weighted by Crippen LogP contribution is 2.36. The average molecular weight is 304 g/mol. The van der Waals surface area contributed by atoms with Crippen molar-refractivity contribution < 1.29 is 9.90 Å². The normalized spacial score (nSPS) is 11.1. The zero-order chi connectivity index (χ0) is 15.1. The Balaban J connectivity index is 0.00000156. The fourth-order valence-corrected chi connectivity index (χ4v) is 3.44. The molecule has 0 saturated carbocycles. The van der Waals surface area contributed by atoms with Gasteiger partial charge in [-0.3, -0.25) is 4.79 Å². The number of carbonyl (C=O) groups is 1. The molecule has 23 heavy (non-hydrogen) atoms. The lowest BCUT2D eigenvalue weighted by molar-refractivity contribution is -0.137. The number of benzene rings is 4. The minimum Gasteiger partial charge on any atom is -0.481 e. The molecule has 116 valence electrons. The van der Waals surface area contributed by atoms with E-state index < -0.39 is 5.97 Å². The van der Waals surface area contributed by atoms with E-state index in [0.717, 1.165) is 6.42 Å². The number of hydrogen-bond acceptors (Lipinski definition) is 1. The van der Waals surface area contributed by atoms with Crippen LogP contribution in [0.3, 0.4) is 0 Å². The summed E-state index contributed by atoms with van der Waals surface area (Å²) in [4.78, 5) is 10.7. The fourth-order valence-electron chi connectivity index (χ4n) is 3.44. The number of carboxylic acids is 1. The second-order valence-corrected chi connectivity index (χ2v) is 5.83. The second kappa shape index (κ2) is 5.88. The molecule has 0 radical (unpaired) electrons. The van der Waals surface area contributed by atoms with Gasteiger partial charge in [0.1, 0.15) is 0 Å². The van der Waals surface area contributed by atoms with Crippen LogP contribution in [0.25, 0.3) is 32.3 Å². The molecule has 4 aromatic rings. The monoisotopic (exact) mass is 304 g/mol. The summed E-state index contributed by atoms with van der Waals surface area (Å²) in [5.74, 6) is -0.724. The van der Waals surface area contributed by atoms with Crippen LogP contribution >= 0.6 is 0 Å². The first-order chi connectivity index (χ1) is 10.7. The van der Waals surface area contributed by atoms with Gasteiger partial charge in [-0.25, -0.2) is 0 Å². The molecule has 0 fully saturated rings. The van der Waals surface area contributed by atoms with Crippen LogP contribution in [0.1, 0.15) is 25.8 Å². The Labute approximate surface area is 135 Å². The molecule has 1 N–H and O–H groups in total. The van der Waals surface area contributed by atoms with Crippen molar-refractivity contribution in [2.75, 3.05) is 0 Å². The Morgan fingerprint density at radius 3 is 2.13 bits per heavy atom. The van der Waals surface area contributed by atoms with Gasteiger partial charge in [0.05, 0.1) is 0 Å². The summed E-state index contributed by atoms with van der Waals surface area (Å²) in [5, 5.41) is 16.5. The summed E-state index contributed by atoms with van der Waals surface area (Å²) in [6.45, 7) is 0. The lowest BCUT2D eigenvalue weighted by Gasteiger charge is -2.13. The topological polar surface area (TPSA) is 37.3 Å². The highest BCUT2D eigenvalue weighted by Gasteiger charge is 2.10. The number of aliphatic carboxylic acids is 1. The maximum Gasteiger partial charge on any atom is 0.303 e. The highest BCUT2D eigenvalue weighted by molar-refractivity contribution is 6.23. The Kier molecular flexibility index (Phi) is 3.91. The van der Waals surface area contributed by atoms with Crippen LogP contribution in [0.5, 0.6) is 0 Å². The van der Waals surface area contributed by atoms with Gasteiger partial charge in [0.25, 0.3) is 0 Å². The van der Waals surface area contributed by atoms with Crippen molar-refractivity contribution in [3.05, 3.63) is 60.2 Å². The first-order valence-electron chi connectivity index (χ1n) is 7.61. The Bertz CT molecular complexity index is 969. The molecule has 0 atom stereocenters. The zero-order valence-electron chi connectivity index (χ0n) is 12.2. The molecule has 0 aliphatic carbocycles. The Morgan fingerprint density at radius 2 is 1.43 bits per heavy atom. The van der Waals surface area contributed by atoms with E-state index in [9.17, 15) is 4.79 Å². The molecule has 0 spiro atoms. The fraction of sp³-hybridized carbons (Fsp3) is 0.190. The van der Waals surface area contributed by atoms with Crippen molar-refractivity contribution in [3.8, 4) is 0 Å². The summed E-state index contributed by atoms with van der Waals surface area (Å²) in [6.07, 6.45) is 1.71. The van der Waals surface area contributed by atoms with E-state index in [-0.39, 0.29) is 13.8 Å². The van der Waals surface area contributed by atoms with Crippen LogP contribution in [0.2, 0.25) is 0 Å². The van der Waals surface area contributed by atoms with Crippen LogP contribution in [0, 0.1) is 0 Å². The summed E-state index contributed by atoms with van der Waals surface area (Å²) >= 11 is 0. The van der Waals surface area contributed by atoms with Gasteiger partial charge in [0.2, 0.25) is 0 Å². The van der Waals surface area contributed by atoms with Crippen LogP contribution in [0.15, 0.2) is 54.6 Å². The van der Waals surface area contributed by atoms with E-state index in [2.05, 4.69) is 54.6 Å². The van der Waals surface area contributed by atoms with E-state index in [1.54, 1.807) is 0 Å². The third-order valence-corrected chi connectivity index (χ3v) is 4.46. The molecular formula is C21H20O2. The first kappa shape index (κ1) is 15.3. The van der Waals surface area contributed by atoms with Gasteiger partial charge in [0.15, 0.2) is 0 Å².